The van der Waals surface area contributed by atoms with Gasteiger partial charge in [-0.1, -0.05) is 46.7 Å². The molecule has 166 valence electrons. The van der Waals surface area contributed by atoms with Gasteiger partial charge in [0.25, 0.3) is 0 Å². The quantitative estimate of drug-likeness (QED) is 0.791. The Kier molecular flexibility index (Phi) is 6.03. The number of nitrogens with zero attached hydrogens (tertiary/aromatic N) is 4. The Morgan fingerprint density at radius 2 is 2.07 bits per heavy atom. The lowest BCUT2D eigenvalue weighted by molar-refractivity contribution is -0.131. The summed E-state index contributed by atoms with van der Waals surface area (Å²) in [6.45, 7) is 16.0. The summed E-state index contributed by atoms with van der Waals surface area (Å²) in [5.41, 5.74) is -0.360. The number of nitrogens with one attached hydrogen (secondary N) is 1. The Morgan fingerprint density at radius 3 is 2.67 bits per heavy atom. The molecule has 2 fully saturated rings. The van der Waals surface area contributed by atoms with Crippen LogP contribution in [0.1, 0.15) is 79.4 Å². The molecule has 0 bridgehead atoms. The zero-order chi connectivity index (χ0) is 22.3. The minimum absolute atomic E-state index is 0.0272. The monoisotopic (exact) mass is 415 g/mol. The van der Waals surface area contributed by atoms with Crippen LogP contribution >= 0.6 is 0 Å². The summed E-state index contributed by atoms with van der Waals surface area (Å²) >= 11 is 0. The molecule has 1 aromatic heterocycles. The number of rotatable bonds is 5. The van der Waals surface area contributed by atoms with E-state index in [1.165, 1.54) is 0 Å². The van der Waals surface area contributed by atoms with Crippen molar-refractivity contribution in [1.82, 2.24) is 20.4 Å². The van der Waals surface area contributed by atoms with Crippen molar-refractivity contribution in [3.05, 3.63) is 11.7 Å². The molecule has 0 unspecified atom stereocenters. The van der Waals surface area contributed by atoms with Crippen LogP contribution in [0.2, 0.25) is 0 Å². The van der Waals surface area contributed by atoms with E-state index in [2.05, 4.69) is 70.0 Å². The predicted octanol–water partition coefficient (Wildman–Crippen LogP) is 3.45. The molecule has 7 nitrogen and oxygen atoms in total. The molecule has 2 heterocycles. The minimum atomic E-state index is -0.290. The fourth-order valence-electron chi connectivity index (χ4n) is 4.95. The second-order valence-electron chi connectivity index (χ2n) is 11.1. The number of hydrogen-bond acceptors (Lipinski definition) is 6. The van der Waals surface area contributed by atoms with Gasteiger partial charge >= 0.3 is 0 Å². The lowest BCUT2D eigenvalue weighted by Gasteiger charge is -2.42. The predicted molar refractivity (Wildman–Crippen MR) is 115 cm³/mol. The first kappa shape index (κ1) is 22.7. The Hall–Kier alpha value is -1.94. The van der Waals surface area contributed by atoms with E-state index >= 15 is 0 Å². The van der Waals surface area contributed by atoms with Crippen LogP contribution in [0.15, 0.2) is 4.52 Å². The molecule has 1 aliphatic carbocycles. The van der Waals surface area contributed by atoms with E-state index in [0.29, 0.717) is 24.3 Å². The van der Waals surface area contributed by atoms with Crippen LogP contribution in [-0.2, 0) is 16.6 Å². The average Bonchev–Trinajstić information content (AvgIpc) is 3.33. The fraction of sp³-hybridized carbons (Fsp3) is 0.826. The normalized spacial score (nSPS) is 31.1. The maximum Gasteiger partial charge on any atom is 0.237 e. The van der Waals surface area contributed by atoms with Crippen molar-refractivity contribution in [3.8, 4) is 6.07 Å². The summed E-state index contributed by atoms with van der Waals surface area (Å²) in [7, 11) is 0. The van der Waals surface area contributed by atoms with Crippen LogP contribution in [0.4, 0.5) is 0 Å². The van der Waals surface area contributed by atoms with Crippen LogP contribution in [-0.4, -0.2) is 45.6 Å². The van der Waals surface area contributed by atoms with E-state index < -0.39 is 0 Å². The van der Waals surface area contributed by atoms with E-state index in [1.54, 1.807) is 4.90 Å². The molecule has 0 aromatic carbocycles. The molecule has 1 saturated heterocycles. The van der Waals surface area contributed by atoms with Gasteiger partial charge < -0.3 is 14.7 Å². The van der Waals surface area contributed by atoms with Crippen molar-refractivity contribution in [3.63, 3.8) is 0 Å². The summed E-state index contributed by atoms with van der Waals surface area (Å²) in [4.78, 5) is 19.2. The summed E-state index contributed by atoms with van der Waals surface area (Å²) < 4.78 is 5.47. The summed E-state index contributed by atoms with van der Waals surface area (Å²) in [6.07, 6.45) is 3.58. The van der Waals surface area contributed by atoms with Crippen molar-refractivity contribution in [2.45, 2.75) is 91.1 Å². The number of nitriles is 1. The molecule has 3 rings (SSSR count). The largest absolute Gasteiger partial charge is 0.339 e. The van der Waals surface area contributed by atoms with E-state index in [1.807, 2.05) is 0 Å². The SMILES string of the molecule is C[C@H]1C[C@@H](C#N)N(C(=O)CN[C@@]2(C)CC[C@@H](Cc3noc(C(C)(C)C)n3)C2(C)C)C1. The number of amides is 1. The Bertz CT molecular complexity index is 818. The average molecular weight is 416 g/mol. The molecule has 1 N–H and O–H groups in total. The van der Waals surface area contributed by atoms with Gasteiger partial charge in [-0.05, 0) is 43.4 Å². The topological polar surface area (TPSA) is 95.1 Å². The number of carbonyl (C=O) groups is 1. The third-order valence-electron chi connectivity index (χ3n) is 7.58. The molecule has 1 aliphatic heterocycles. The van der Waals surface area contributed by atoms with Crippen molar-refractivity contribution in [2.24, 2.45) is 17.3 Å². The van der Waals surface area contributed by atoms with Crippen molar-refractivity contribution in [2.75, 3.05) is 13.1 Å². The van der Waals surface area contributed by atoms with Crippen molar-refractivity contribution in [1.29, 1.82) is 5.26 Å². The molecule has 1 saturated carbocycles. The molecular weight excluding hydrogens is 378 g/mol. The van der Waals surface area contributed by atoms with Gasteiger partial charge in [-0.2, -0.15) is 10.2 Å². The number of likely N-dealkylation sites (tertiary alicyclic amines) is 1. The molecule has 4 atom stereocenters. The fourth-order valence-corrected chi connectivity index (χ4v) is 4.95. The second-order valence-corrected chi connectivity index (χ2v) is 11.1. The first-order valence-corrected chi connectivity index (χ1v) is 11.1. The Balaban J connectivity index is 1.63. The van der Waals surface area contributed by atoms with Crippen molar-refractivity contribution < 1.29 is 9.32 Å². The number of carbonyl (C=O) groups excluding carboxylic acids is 1. The third-order valence-corrected chi connectivity index (χ3v) is 7.58. The minimum Gasteiger partial charge on any atom is -0.339 e. The molecule has 0 spiro atoms. The Morgan fingerprint density at radius 1 is 1.37 bits per heavy atom. The molecule has 0 radical (unpaired) electrons. The van der Waals surface area contributed by atoms with Gasteiger partial charge in [0.05, 0.1) is 12.6 Å². The molecule has 1 amide bonds. The number of aromatic nitrogens is 2. The van der Waals surface area contributed by atoms with Crippen LogP contribution in [0.3, 0.4) is 0 Å². The lowest BCUT2D eigenvalue weighted by Crippen LogP contribution is -2.55. The van der Waals surface area contributed by atoms with Gasteiger partial charge in [0.1, 0.15) is 6.04 Å². The van der Waals surface area contributed by atoms with Gasteiger partial charge in [-0.25, -0.2) is 0 Å². The van der Waals surface area contributed by atoms with Gasteiger partial charge in [0.2, 0.25) is 11.8 Å². The van der Waals surface area contributed by atoms with Crippen molar-refractivity contribution >= 4 is 5.91 Å². The first-order chi connectivity index (χ1) is 13.9. The molecule has 1 aromatic rings. The third kappa shape index (κ3) is 4.25. The second kappa shape index (κ2) is 7.96. The van der Waals surface area contributed by atoms with Crippen LogP contribution in [0, 0.1) is 28.6 Å². The standard InChI is InChI=1S/C23H37N5O2/c1-15-10-17(12-24)28(14-15)19(29)13-25-23(7)9-8-16(22(23,5)6)11-18-26-20(30-27-18)21(2,3)4/h15-17,25H,8-11,13-14H2,1-7H3/t15-,16-,17-,23-/m0/s1. The summed E-state index contributed by atoms with van der Waals surface area (Å²) in [6, 6.07) is 1.99. The Labute approximate surface area is 180 Å². The van der Waals surface area contributed by atoms with E-state index in [4.69, 9.17) is 4.52 Å². The highest BCUT2D eigenvalue weighted by atomic mass is 16.5. The maximum absolute atomic E-state index is 12.8. The van der Waals surface area contributed by atoms with E-state index in [9.17, 15) is 10.1 Å². The van der Waals surface area contributed by atoms with E-state index in [-0.39, 0.29) is 34.9 Å². The zero-order valence-corrected chi connectivity index (χ0v) is 19.6. The highest BCUT2D eigenvalue weighted by Gasteiger charge is 2.51. The molecule has 30 heavy (non-hydrogen) atoms. The summed E-state index contributed by atoms with van der Waals surface area (Å²) in [5.74, 6) is 2.25. The lowest BCUT2D eigenvalue weighted by atomic mass is 9.70. The molecule has 7 heteroatoms. The van der Waals surface area contributed by atoms with Crippen LogP contribution in [0.5, 0.6) is 0 Å². The first-order valence-electron chi connectivity index (χ1n) is 11.1. The molecule has 2 aliphatic rings. The van der Waals surface area contributed by atoms with Gasteiger partial charge in [0, 0.05) is 23.9 Å². The molecular formula is C23H37N5O2. The highest BCUT2D eigenvalue weighted by Crippen LogP contribution is 2.51. The van der Waals surface area contributed by atoms with Gasteiger partial charge in [-0.15, -0.1) is 0 Å². The van der Waals surface area contributed by atoms with E-state index in [0.717, 1.165) is 31.5 Å². The van der Waals surface area contributed by atoms with Gasteiger partial charge in [-0.3, -0.25) is 4.79 Å². The zero-order valence-electron chi connectivity index (χ0n) is 19.6. The smallest absolute Gasteiger partial charge is 0.237 e. The number of hydrogen-bond donors (Lipinski definition) is 1. The van der Waals surface area contributed by atoms with Crippen LogP contribution < -0.4 is 5.32 Å². The van der Waals surface area contributed by atoms with Crippen LogP contribution in [0.25, 0.3) is 0 Å². The summed E-state index contributed by atoms with van der Waals surface area (Å²) in [5, 5.41) is 17.1. The highest BCUT2D eigenvalue weighted by molar-refractivity contribution is 5.79. The van der Waals surface area contributed by atoms with Gasteiger partial charge in [0.15, 0.2) is 5.82 Å². The maximum atomic E-state index is 12.8.